The first-order valence-corrected chi connectivity index (χ1v) is 21.4. The number of rotatable bonds is 38. The highest BCUT2D eigenvalue weighted by Crippen LogP contribution is 2.16. The summed E-state index contributed by atoms with van der Waals surface area (Å²) in [5, 5.41) is 0. The van der Waals surface area contributed by atoms with Crippen LogP contribution >= 0.6 is 0 Å². The van der Waals surface area contributed by atoms with Gasteiger partial charge in [0, 0.05) is 19.3 Å². The lowest BCUT2D eigenvalue weighted by molar-refractivity contribution is -0.167. The van der Waals surface area contributed by atoms with Gasteiger partial charge in [0.15, 0.2) is 6.10 Å². The molecule has 1 atom stereocenters. The molecule has 0 spiro atoms. The van der Waals surface area contributed by atoms with E-state index in [9.17, 15) is 14.4 Å². The standard InChI is InChI=1S/C43H82O6/c1-5-7-9-11-12-13-16-20-23-27-31-35-42(45)48-38-40(37-47-41(44)34-30-25-10-8-6-2)49-43(46)36-32-28-24-21-18-15-14-17-19-22-26-29-33-39(3)4/h39-40H,5-38H2,1-4H3/t40-/m1/s1. The van der Waals surface area contributed by atoms with Crippen molar-refractivity contribution in [3.8, 4) is 0 Å². The summed E-state index contributed by atoms with van der Waals surface area (Å²) >= 11 is 0. The number of carbonyl (C=O) groups is 3. The Morgan fingerprint density at radius 2 is 0.673 bits per heavy atom. The molecule has 0 aromatic heterocycles. The van der Waals surface area contributed by atoms with Gasteiger partial charge in [-0.15, -0.1) is 0 Å². The molecular weight excluding hydrogens is 612 g/mol. The zero-order valence-electron chi connectivity index (χ0n) is 33.1. The zero-order chi connectivity index (χ0) is 36.0. The van der Waals surface area contributed by atoms with E-state index in [1.54, 1.807) is 0 Å². The van der Waals surface area contributed by atoms with E-state index in [1.165, 1.54) is 122 Å². The lowest BCUT2D eigenvalue weighted by Gasteiger charge is -2.18. The van der Waals surface area contributed by atoms with Gasteiger partial charge >= 0.3 is 17.9 Å². The van der Waals surface area contributed by atoms with Gasteiger partial charge in [0.05, 0.1) is 0 Å². The number of unbranched alkanes of at least 4 members (excludes halogenated alkanes) is 25. The van der Waals surface area contributed by atoms with E-state index in [2.05, 4.69) is 27.7 Å². The predicted molar refractivity (Wildman–Crippen MR) is 206 cm³/mol. The van der Waals surface area contributed by atoms with E-state index >= 15 is 0 Å². The van der Waals surface area contributed by atoms with Crippen LogP contribution in [0.2, 0.25) is 0 Å². The van der Waals surface area contributed by atoms with Crippen molar-refractivity contribution in [2.45, 2.75) is 239 Å². The van der Waals surface area contributed by atoms with Crippen LogP contribution in [0, 0.1) is 5.92 Å². The van der Waals surface area contributed by atoms with Crippen LogP contribution in [0.3, 0.4) is 0 Å². The molecule has 0 aliphatic rings. The summed E-state index contributed by atoms with van der Waals surface area (Å²) < 4.78 is 16.6. The van der Waals surface area contributed by atoms with Crippen LogP contribution in [0.5, 0.6) is 0 Å². The highest BCUT2D eigenvalue weighted by atomic mass is 16.6. The van der Waals surface area contributed by atoms with Crippen LogP contribution in [0.25, 0.3) is 0 Å². The number of carbonyl (C=O) groups excluding carboxylic acids is 3. The number of ether oxygens (including phenoxy) is 3. The van der Waals surface area contributed by atoms with Gasteiger partial charge < -0.3 is 14.2 Å². The molecule has 0 saturated carbocycles. The Bertz CT molecular complexity index is 736. The molecule has 6 nitrogen and oxygen atoms in total. The van der Waals surface area contributed by atoms with Gasteiger partial charge in [-0.3, -0.25) is 14.4 Å². The second kappa shape index (κ2) is 37.7. The van der Waals surface area contributed by atoms with Gasteiger partial charge in [-0.1, -0.05) is 195 Å². The lowest BCUT2D eigenvalue weighted by atomic mass is 10.0. The third kappa shape index (κ3) is 37.5. The molecule has 49 heavy (non-hydrogen) atoms. The first kappa shape index (κ1) is 47.4. The molecule has 0 N–H and O–H groups in total. The summed E-state index contributed by atoms with van der Waals surface area (Å²) in [4.78, 5) is 37.3. The van der Waals surface area contributed by atoms with Crippen molar-refractivity contribution in [1.29, 1.82) is 0 Å². The Morgan fingerprint density at radius 1 is 0.388 bits per heavy atom. The Balaban J connectivity index is 4.21. The summed E-state index contributed by atoms with van der Waals surface area (Å²) in [6.45, 7) is 8.90. The van der Waals surface area contributed by atoms with Gasteiger partial charge in [-0.2, -0.15) is 0 Å². The maximum absolute atomic E-state index is 12.6. The van der Waals surface area contributed by atoms with Crippen LogP contribution in [0.1, 0.15) is 233 Å². The van der Waals surface area contributed by atoms with Crippen molar-refractivity contribution in [2.24, 2.45) is 5.92 Å². The minimum absolute atomic E-state index is 0.0651. The largest absolute Gasteiger partial charge is 0.462 e. The summed E-state index contributed by atoms with van der Waals surface area (Å²) in [6.07, 6.45) is 35.4. The minimum Gasteiger partial charge on any atom is -0.462 e. The quantitative estimate of drug-likeness (QED) is 0.0364. The molecule has 0 aromatic carbocycles. The monoisotopic (exact) mass is 695 g/mol. The van der Waals surface area contributed by atoms with Crippen LogP contribution < -0.4 is 0 Å². The highest BCUT2D eigenvalue weighted by molar-refractivity contribution is 5.71. The van der Waals surface area contributed by atoms with Crippen LogP contribution in [0.4, 0.5) is 0 Å². The summed E-state index contributed by atoms with van der Waals surface area (Å²) in [5.74, 6) is -0.0402. The second-order valence-electron chi connectivity index (χ2n) is 15.1. The van der Waals surface area contributed by atoms with Gasteiger partial charge in [0.1, 0.15) is 13.2 Å². The smallest absolute Gasteiger partial charge is 0.306 e. The summed E-state index contributed by atoms with van der Waals surface area (Å²) in [6, 6.07) is 0. The molecule has 0 radical (unpaired) electrons. The molecule has 0 fully saturated rings. The molecule has 290 valence electrons. The normalized spacial score (nSPS) is 11.9. The molecule has 0 saturated heterocycles. The average Bonchev–Trinajstić information content (AvgIpc) is 3.08. The molecule has 0 aliphatic heterocycles. The maximum atomic E-state index is 12.6. The summed E-state index contributed by atoms with van der Waals surface area (Å²) in [5.41, 5.74) is 0. The SMILES string of the molecule is CCCCCCCCCCCCCC(=O)OC[C@@H](COC(=O)CCCCCCC)OC(=O)CCCCCCCCCCCCCCC(C)C. The third-order valence-electron chi connectivity index (χ3n) is 9.54. The van der Waals surface area contributed by atoms with Crippen molar-refractivity contribution in [3.05, 3.63) is 0 Å². The molecule has 0 unspecified atom stereocenters. The van der Waals surface area contributed by atoms with E-state index in [-0.39, 0.29) is 31.1 Å². The Hall–Kier alpha value is -1.59. The molecule has 0 heterocycles. The Morgan fingerprint density at radius 3 is 1.00 bits per heavy atom. The van der Waals surface area contributed by atoms with Crippen molar-refractivity contribution >= 4 is 17.9 Å². The molecule has 0 aromatic rings. The fourth-order valence-corrected chi connectivity index (χ4v) is 6.27. The molecule has 0 amide bonds. The molecule has 0 bridgehead atoms. The third-order valence-corrected chi connectivity index (χ3v) is 9.54. The average molecular weight is 695 g/mol. The fourth-order valence-electron chi connectivity index (χ4n) is 6.27. The number of hydrogen-bond donors (Lipinski definition) is 0. The Kier molecular flexibility index (Phi) is 36.4. The predicted octanol–water partition coefficient (Wildman–Crippen LogP) is 13.2. The maximum Gasteiger partial charge on any atom is 0.306 e. The van der Waals surface area contributed by atoms with E-state index in [0.717, 1.165) is 70.1 Å². The molecule has 6 heteroatoms. The van der Waals surface area contributed by atoms with E-state index in [0.29, 0.717) is 19.3 Å². The first-order valence-electron chi connectivity index (χ1n) is 21.4. The first-order chi connectivity index (χ1) is 23.9. The van der Waals surface area contributed by atoms with Crippen LogP contribution in [-0.2, 0) is 28.6 Å². The van der Waals surface area contributed by atoms with Crippen molar-refractivity contribution < 1.29 is 28.6 Å². The fraction of sp³-hybridized carbons (Fsp3) is 0.930. The van der Waals surface area contributed by atoms with E-state index in [4.69, 9.17) is 14.2 Å². The van der Waals surface area contributed by atoms with Gasteiger partial charge in [0.25, 0.3) is 0 Å². The second-order valence-corrected chi connectivity index (χ2v) is 15.1. The van der Waals surface area contributed by atoms with Crippen LogP contribution in [0.15, 0.2) is 0 Å². The lowest BCUT2D eigenvalue weighted by Crippen LogP contribution is -2.30. The van der Waals surface area contributed by atoms with Crippen molar-refractivity contribution in [2.75, 3.05) is 13.2 Å². The van der Waals surface area contributed by atoms with E-state index in [1.807, 2.05) is 0 Å². The van der Waals surface area contributed by atoms with Gasteiger partial charge in [0.2, 0.25) is 0 Å². The van der Waals surface area contributed by atoms with Gasteiger partial charge in [-0.25, -0.2) is 0 Å². The highest BCUT2D eigenvalue weighted by Gasteiger charge is 2.19. The topological polar surface area (TPSA) is 78.9 Å². The van der Waals surface area contributed by atoms with Gasteiger partial charge in [-0.05, 0) is 25.2 Å². The van der Waals surface area contributed by atoms with Crippen molar-refractivity contribution in [1.82, 2.24) is 0 Å². The van der Waals surface area contributed by atoms with E-state index < -0.39 is 6.10 Å². The van der Waals surface area contributed by atoms with Crippen LogP contribution in [-0.4, -0.2) is 37.2 Å². The molecule has 0 aliphatic carbocycles. The minimum atomic E-state index is -0.756. The molecule has 0 rings (SSSR count). The van der Waals surface area contributed by atoms with Crippen molar-refractivity contribution in [3.63, 3.8) is 0 Å². The number of esters is 3. The molecular formula is C43H82O6. The Labute approximate surface area is 304 Å². The zero-order valence-corrected chi connectivity index (χ0v) is 33.1. The number of hydrogen-bond acceptors (Lipinski definition) is 6. The summed E-state index contributed by atoms with van der Waals surface area (Å²) in [7, 11) is 0.